The highest BCUT2D eigenvalue weighted by molar-refractivity contribution is 7.99. The van der Waals surface area contributed by atoms with Crippen molar-refractivity contribution in [3.8, 4) is 0 Å². The number of nitrogens with one attached hydrogen (secondary N) is 1. The predicted molar refractivity (Wildman–Crippen MR) is 124 cm³/mol. The number of carbonyl (C=O) groups excluding carboxylic acids is 1. The van der Waals surface area contributed by atoms with Crippen LogP contribution in [0.1, 0.15) is 24.5 Å². The van der Waals surface area contributed by atoms with Gasteiger partial charge in [-0.05, 0) is 37.1 Å². The molecule has 0 saturated heterocycles. The van der Waals surface area contributed by atoms with Crippen LogP contribution in [0.3, 0.4) is 0 Å². The lowest BCUT2D eigenvalue weighted by molar-refractivity contribution is -0.118. The van der Waals surface area contributed by atoms with Gasteiger partial charge in [-0.3, -0.25) is 18.6 Å². The van der Waals surface area contributed by atoms with Gasteiger partial charge in [-0.15, -0.1) is 10.2 Å². The van der Waals surface area contributed by atoms with Gasteiger partial charge in [0.25, 0.3) is 5.56 Å². The quantitative estimate of drug-likeness (QED) is 0.428. The summed E-state index contributed by atoms with van der Waals surface area (Å²) in [7, 11) is 0. The van der Waals surface area contributed by atoms with E-state index in [0.29, 0.717) is 39.9 Å². The van der Waals surface area contributed by atoms with Crippen LogP contribution in [0.5, 0.6) is 0 Å². The number of hydrogen-bond acceptors (Lipinski definition) is 5. The fraction of sp³-hybridized carbons (Fsp3) is 0.273. The van der Waals surface area contributed by atoms with Gasteiger partial charge in [-0.25, -0.2) is 0 Å². The first-order chi connectivity index (χ1) is 15.0. The van der Waals surface area contributed by atoms with Gasteiger partial charge in [-0.1, -0.05) is 60.1 Å². The maximum atomic E-state index is 13.0. The number of carbonyl (C=O) groups is 1. The SMILES string of the molecule is CCCn1c(=O)c2cc(Cl)ccc2n2c(SCC(=O)NCc3ccc(C)cc3)nnc12. The molecule has 0 atom stereocenters. The van der Waals surface area contributed by atoms with Crippen molar-refractivity contribution in [2.24, 2.45) is 0 Å². The normalized spacial score (nSPS) is 11.3. The van der Waals surface area contributed by atoms with Gasteiger partial charge < -0.3 is 5.32 Å². The van der Waals surface area contributed by atoms with E-state index in [-0.39, 0.29) is 17.2 Å². The molecule has 2 heterocycles. The first-order valence-corrected chi connectivity index (χ1v) is 11.4. The zero-order valence-corrected chi connectivity index (χ0v) is 18.8. The number of amides is 1. The summed E-state index contributed by atoms with van der Waals surface area (Å²) in [6.45, 7) is 5.01. The predicted octanol–water partition coefficient (Wildman–Crippen LogP) is 3.82. The fourth-order valence-corrected chi connectivity index (χ4v) is 4.31. The highest BCUT2D eigenvalue weighted by Crippen LogP contribution is 2.23. The highest BCUT2D eigenvalue weighted by Gasteiger charge is 2.17. The molecule has 0 radical (unpaired) electrons. The minimum atomic E-state index is -0.147. The van der Waals surface area contributed by atoms with E-state index in [9.17, 15) is 9.59 Å². The molecule has 4 aromatic rings. The van der Waals surface area contributed by atoms with Crippen LogP contribution >= 0.6 is 23.4 Å². The molecule has 1 N–H and O–H groups in total. The minimum Gasteiger partial charge on any atom is -0.351 e. The number of thioether (sulfide) groups is 1. The van der Waals surface area contributed by atoms with Crippen LogP contribution in [0.2, 0.25) is 5.02 Å². The summed E-state index contributed by atoms with van der Waals surface area (Å²) in [6.07, 6.45) is 0.776. The monoisotopic (exact) mass is 455 g/mol. The lowest BCUT2D eigenvalue weighted by Gasteiger charge is -2.11. The molecule has 7 nitrogen and oxygen atoms in total. The Morgan fingerprint density at radius 3 is 2.68 bits per heavy atom. The van der Waals surface area contributed by atoms with E-state index >= 15 is 0 Å². The average molecular weight is 456 g/mol. The van der Waals surface area contributed by atoms with Crippen molar-refractivity contribution in [3.05, 3.63) is 69.0 Å². The molecule has 2 aromatic heterocycles. The van der Waals surface area contributed by atoms with Crippen LogP contribution in [0, 0.1) is 6.92 Å². The smallest absolute Gasteiger partial charge is 0.262 e. The third-order valence-corrected chi connectivity index (χ3v) is 6.09. The van der Waals surface area contributed by atoms with Gasteiger partial charge in [0.15, 0.2) is 5.16 Å². The van der Waals surface area contributed by atoms with Gasteiger partial charge in [0, 0.05) is 18.1 Å². The van der Waals surface area contributed by atoms with Gasteiger partial charge in [0.05, 0.1) is 16.7 Å². The zero-order valence-electron chi connectivity index (χ0n) is 17.3. The summed E-state index contributed by atoms with van der Waals surface area (Å²) in [5.41, 5.74) is 2.75. The van der Waals surface area contributed by atoms with Crippen LogP contribution < -0.4 is 10.9 Å². The van der Waals surface area contributed by atoms with Crippen molar-refractivity contribution in [3.63, 3.8) is 0 Å². The molecule has 0 aliphatic rings. The van der Waals surface area contributed by atoms with Gasteiger partial charge >= 0.3 is 0 Å². The summed E-state index contributed by atoms with van der Waals surface area (Å²) < 4.78 is 3.42. The van der Waals surface area contributed by atoms with Crippen LogP contribution in [0.15, 0.2) is 52.4 Å². The number of aromatic nitrogens is 4. The Labute approximate surface area is 188 Å². The second-order valence-corrected chi connectivity index (χ2v) is 8.67. The summed E-state index contributed by atoms with van der Waals surface area (Å²) in [6, 6.07) is 13.2. The van der Waals surface area contributed by atoms with Gasteiger partial charge in [0.2, 0.25) is 11.7 Å². The van der Waals surface area contributed by atoms with Gasteiger partial charge in [-0.2, -0.15) is 0 Å². The minimum absolute atomic E-state index is 0.100. The Hall–Kier alpha value is -2.84. The molecule has 0 unspecified atom stereocenters. The lowest BCUT2D eigenvalue weighted by atomic mass is 10.1. The van der Waals surface area contributed by atoms with E-state index in [1.54, 1.807) is 22.8 Å². The van der Waals surface area contributed by atoms with E-state index in [1.165, 1.54) is 17.3 Å². The molecule has 31 heavy (non-hydrogen) atoms. The molecular weight excluding hydrogens is 434 g/mol. The Kier molecular flexibility index (Phi) is 6.29. The maximum Gasteiger partial charge on any atom is 0.262 e. The van der Waals surface area contributed by atoms with Crippen LogP contribution in [-0.4, -0.2) is 30.8 Å². The van der Waals surface area contributed by atoms with Gasteiger partial charge in [0.1, 0.15) is 0 Å². The largest absolute Gasteiger partial charge is 0.351 e. The lowest BCUT2D eigenvalue weighted by Crippen LogP contribution is -2.25. The second kappa shape index (κ2) is 9.11. The number of nitrogens with zero attached hydrogens (tertiary/aromatic N) is 4. The molecule has 0 bridgehead atoms. The molecule has 2 aromatic carbocycles. The van der Waals surface area contributed by atoms with Crippen LogP contribution in [0.25, 0.3) is 16.7 Å². The Morgan fingerprint density at radius 2 is 1.94 bits per heavy atom. The molecule has 1 amide bonds. The molecule has 9 heteroatoms. The molecule has 0 aliphatic carbocycles. The number of aryl methyl sites for hydroxylation is 2. The van der Waals surface area contributed by atoms with E-state index in [4.69, 9.17) is 11.6 Å². The average Bonchev–Trinajstić information content (AvgIpc) is 3.18. The summed E-state index contributed by atoms with van der Waals surface area (Å²) in [4.78, 5) is 25.3. The third-order valence-electron chi connectivity index (χ3n) is 4.92. The first-order valence-electron chi connectivity index (χ1n) is 10.00. The molecule has 0 fully saturated rings. The molecule has 0 spiro atoms. The van der Waals surface area contributed by atoms with E-state index in [1.807, 2.05) is 42.5 Å². The Bertz CT molecular complexity index is 1310. The van der Waals surface area contributed by atoms with E-state index in [2.05, 4.69) is 15.5 Å². The van der Waals surface area contributed by atoms with Crippen LogP contribution in [0.4, 0.5) is 0 Å². The number of benzene rings is 2. The van der Waals surface area contributed by atoms with Crippen molar-refractivity contribution in [2.75, 3.05) is 5.75 Å². The van der Waals surface area contributed by atoms with Crippen molar-refractivity contribution >= 4 is 46.0 Å². The first kappa shape index (κ1) is 21.4. The van der Waals surface area contributed by atoms with Crippen LogP contribution in [-0.2, 0) is 17.9 Å². The molecule has 0 aliphatic heterocycles. The van der Waals surface area contributed by atoms with Crippen molar-refractivity contribution in [1.82, 2.24) is 24.5 Å². The Balaban J connectivity index is 1.59. The molecular formula is C22H22ClN5O2S. The topological polar surface area (TPSA) is 81.3 Å². The van der Waals surface area contributed by atoms with Crippen molar-refractivity contribution in [1.29, 1.82) is 0 Å². The Morgan fingerprint density at radius 1 is 1.16 bits per heavy atom. The zero-order chi connectivity index (χ0) is 22.0. The summed E-state index contributed by atoms with van der Waals surface area (Å²) in [5.74, 6) is 0.551. The standard InChI is InChI=1S/C22H22ClN5O2S/c1-3-10-27-20(30)17-11-16(23)8-9-18(17)28-21(27)25-26-22(28)31-13-19(29)24-12-15-6-4-14(2)5-7-15/h4-9,11H,3,10,12-13H2,1-2H3,(H,24,29). The fourth-order valence-electron chi connectivity index (χ4n) is 3.36. The number of fused-ring (bicyclic) bond motifs is 3. The summed E-state index contributed by atoms with van der Waals surface area (Å²) >= 11 is 7.42. The van der Waals surface area contributed by atoms with E-state index in [0.717, 1.165) is 12.0 Å². The number of rotatable bonds is 7. The number of halogens is 1. The van der Waals surface area contributed by atoms with E-state index < -0.39 is 0 Å². The number of hydrogen-bond donors (Lipinski definition) is 1. The van der Waals surface area contributed by atoms with Crippen molar-refractivity contribution in [2.45, 2.75) is 38.5 Å². The third kappa shape index (κ3) is 4.45. The molecule has 4 rings (SSSR count). The second-order valence-electron chi connectivity index (χ2n) is 7.29. The maximum absolute atomic E-state index is 13.0. The highest BCUT2D eigenvalue weighted by atomic mass is 35.5. The molecule has 160 valence electrons. The summed E-state index contributed by atoms with van der Waals surface area (Å²) in [5, 5.41) is 13.0. The molecule has 0 saturated carbocycles. The van der Waals surface area contributed by atoms with Crippen molar-refractivity contribution < 1.29 is 4.79 Å².